The average molecular weight is 314 g/mol. The lowest BCUT2D eigenvalue weighted by molar-refractivity contribution is -0.138. The Morgan fingerprint density at radius 1 is 1.14 bits per heavy atom. The Balaban J connectivity index is 2.54. The summed E-state index contributed by atoms with van der Waals surface area (Å²) < 4.78 is 56.9. The third-order valence-corrected chi connectivity index (χ3v) is 2.90. The maximum Gasteiger partial charge on any atom is 0.417 e. The number of rotatable bonds is 3. The van der Waals surface area contributed by atoms with Gasteiger partial charge in [0.05, 0.1) is 5.56 Å². The van der Waals surface area contributed by atoms with E-state index in [0.717, 1.165) is 24.3 Å². The van der Waals surface area contributed by atoms with E-state index in [-0.39, 0.29) is 5.75 Å². The number of aryl methyl sites for hydroxylation is 1. The summed E-state index contributed by atoms with van der Waals surface area (Å²) in [5.41, 5.74) is -1.97. The first-order valence-electron chi connectivity index (χ1n) is 6.07. The Hall–Kier alpha value is -2.57. The van der Waals surface area contributed by atoms with Crippen molar-refractivity contribution in [1.82, 2.24) is 0 Å². The van der Waals surface area contributed by atoms with Gasteiger partial charge in [-0.2, -0.15) is 13.2 Å². The molecule has 2 rings (SSSR count). The molecule has 116 valence electrons. The predicted molar refractivity (Wildman–Crippen MR) is 69.6 cm³/mol. The largest absolute Gasteiger partial charge is 0.478 e. The van der Waals surface area contributed by atoms with Crippen LogP contribution in [0.25, 0.3) is 0 Å². The summed E-state index contributed by atoms with van der Waals surface area (Å²) in [6.45, 7) is 1.49. The van der Waals surface area contributed by atoms with Gasteiger partial charge >= 0.3 is 12.1 Å². The molecule has 0 aliphatic heterocycles. The van der Waals surface area contributed by atoms with Gasteiger partial charge in [-0.15, -0.1) is 0 Å². The molecule has 0 aliphatic rings. The van der Waals surface area contributed by atoms with Crippen LogP contribution in [-0.2, 0) is 6.18 Å². The van der Waals surface area contributed by atoms with Crippen LogP contribution in [0.2, 0.25) is 0 Å². The molecule has 1 N–H and O–H groups in total. The van der Waals surface area contributed by atoms with Crippen molar-refractivity contribution in [3.63, 3.8) is 0 Å². The number of carboxylic acids is 1. The molecule has 0 heterocycles. The van der Waals surface area contributed by atoms with Gasteiger partial charge in [0.25, 0.3) is 0 Å². The second-order valence-corrected chi connectivity index (χ2v) is 4.49. The number of carbonyl (C=O) groups is 1. The Labute approximate surface area is 122 Å². The van der Waals surface area contributed by atoms with Crippen LogP contribution >= 0.6 is 0 Å². The highest BCUT2D eigenvalue weighted by molar-refractivity contribution is 5.93. The monoisotopic (exact) mass is 314 g/mol. The minimum atomic E-state index is -4.83. The van der Waals surface area contributed by atoms with Crippen LogP contribution in [0.15, 0.2) is 36.4 Å². The van der Waals surface area contributed by atoms with Crippen LogP contribution in [0.4, 0.5) is 17.6 Å². The molecule has 0 radical (unpaired) electrons. The van der Waals surface area contributed by atoms with E-state index in [1.54, 1.807) is 0 Å². The summed E-state index contributed by atoms with van der Waals surface area (Å²) in [7, 11) is 0. The van der Waals surface area contributed by atoms with Gasteiger partial charge in [-0.3, -0.25) is 0 Å². The van der Waals surface area contributed by atoms with E-state index >= 15 is 0 Å². The van der Waals surface area contributed by atoms with E-state index in [4.69, 9.17) is 9.84 Å². The summed E-state index contributed by atoms with van der Waals surface area (Å²) in [4.78, 5) is 11.2. The summed E-state index contributed by atoms with van der Waals surface area (Å²) in [6.07, 6.45) is -4.83. The number of halogens is 4. The number of carboxylic acid groups (broad SMARTS) is 1. The SMILES string of the molecule is Cc1cc(F)ccc1Oc1cccc(C(F)(F)F)c1C(=O)O. The van der Waals surface area contributed by atoms with Crippen LogP contribution in [0.1, 0.15) is 21.5 Å². The molecular formula is C15H10F4O3. The minimum absolute atomic E-state index is 0.0724. The molecule has 7 heteroatoms. The molecule has 0 saturated carbocycles. The highest BCUT2D eigenvalue weighted by Gasteiger charge is 2.37. The van der Waals surface area contributed by atoms with Crippen molar-refractivity contribution < 1.29 is 32.2 Å². The van der Waals surface area contributed by atoms with Gasteiger partial charge < -0.3 is 9.84 Å². The summed E-state index contributed by atoms with van der Waals surface area (Å²) in [6, 6.07) is 6.23. The summed E-state index contributed by atoms with van der Waals surface area (Å²) >= 11 is 0. The van der Waals surface area contributed by atoms with Crippen molar-refractivity contribution in [2.24, 2.45) is 0 Å². The molecule has 0 spiro atoms. The van der Waals surface area contributed by atoms with Gasteiger partial charge in [-0.25, -0.2) is 9.18 Å². The van der Waals surface area contributed by atoms with Crippen LogP contribution in [0.5, 0.6) is 11.5 Å². The number of ether oxygens (including phenoxy) is 1. The van der Waals surface area contributed by atoms with E-state index in [1.807, 2.05) is 0 Å². The highest BCUT2D eigenvalue weighted by atomic mass is 19.4. The lowest BCUT2D eigenvalue weighted by Gasteiger charge is -2.15. The molecule has 0 aromatic heterocycles. The van der Waals surface area contributed by atoms with Gasteiger partial charge in [0, 0.05) is 0 Å². The zero-order valence-corrected chi connectivity index (χ0v) is 11.2. The van der Waals surface area contributed by atoms with Crippen molar-refractivity contribution >= 4 is 5.97 Å². The third kappa shape index (κ3) is 3.19. The molecule has 0 aliphatic carbocycles. The molecule has 2 aromatic rings. The second kappa shape index (κ2) is 5.67. The van der Waals surface area contributed by atoms with Gasteiger partial charge in [0.1, 0.15) is 22.9 Å². The molecule has 2 aromatic carbocycles. The van der Waals surface area contributed by atoms with Gasteiger partial charge in [-0.1, -0.05) is 6.07 Å². The van der Waals surface area contributed by atoms with Crippen LogP contribution in [-0.4, -0.2) is 11.1 Å². The summed E-state index contributed by atoms with van der Waals surface area (Å²) in [5.74, 6) is -2.68. The van der Waals surface area contributed by atoms with Crippen molar-refractivity contribution in [1.29, 1.82) is 0 Å². The predicted octanol–water partition coefficient (Wildman–Crippen LogP) is 4.64. The van der Waals surface area contributed by atoms with Crippen molar-refractivity contribution in [2.75, 3.05) is 0 Å². The Bertz CT molecular complexity index is 723. The highest BCUT2D eigenvalue weighted by Crippen LogP contribution is 2.38. The third-order valence-electron chi connectivity index (χ3n) is 2.90. The zero-order chi connectivity index (χ0) is 16.5. The molecule has 0 saturated heterocycles. The minimum Gasteiger partial charge on any atom is -0.478 e. The van der Waals surface area contributed by atoms with E-state index in [1.165, 1.54) is 13.0 Å². The molecule has 3 nitrogen and oxygen atoms in total. The van der Waals surface area contributed by atoms with Crippen molar-refractivity contribution in [3.8, 4) is 11.5 Å². The maximum atomic E-state index is 13.0. The van der Waals surface area contributed by atoms with Gasteiger partial charge in [0.15, 0.2) is 0 Å². The zero-order valence-electron chi connectivity index (χ0n) is 11.2. The first-order chi connectivity index (χ1) is 10.2. The lowest BCUT2D eigenvalue weighted by Crippen LogP contribution is -2.14. The van der Waals surface area contributed by atoms with Crippen LogP contribution < -0.4 is 4.74 Å². The topological polar surface area (TPSA) is 46.5 Å². The Morgan fingerprint density at radius 2 is 1.82 bits per heavy atom. The molecular weight excluding hydrogens is 304 g/mol. The Morgan fingerprint density at radius 3 is 2.36 bits per heavy atom. The molecule has 0 atom stereocenters. The molecule has 0 bridgehead atoms. The smallest absolute Gasteiger partial charge is 0.417 e. The van der Waals surface area contributed by atoms with Gasteiger partial charge in [0.2, 0.25) is 0 Å². The fourth-order valence-electron chi connectivity index (χ4n) is 1.92. The number of hydrogen-bond acceptors (Lipinski definition) is 2. The van der Waals surface area contributed by atoms with Crippen molar-refractivity contribution in [2.45, 2.75) is 13.1 Å². The first-order valence-corrected chi connectivity index (χ1v) is 6.07. The van der Waals surface area contributed by atoms with E-state index < -0.39 is 34.8 Å². The van der Waals surface area contributed by atoms with Crippen molar-refractivity contribution in [3.05, 3.63) is 58.9 Å². The van der Waals surface area contributed by atoms with E-state index in [2.05, 4.69) is 0 Å². The molecule has 0 fully saturated rings. The number of alkyl halides is 3. The molecule has 0 amide bonds. The maximum absolute atomic E-state index is 13.0. The number of hydrogen-bond donors (Lipinski definition) is 1. The summed E-state index contributed by atoms with van der Waals surface area (Å²) in [5, 5.41) is 9.06. The van der Waals surface area contributed by atoms with Gasteiger partial charge in [-0.05, 0) is 42.8 Å². The van der Waals surface area contributed by atoms with E-state index in [9.17, 15) is 22.4 Å². The fraction of sp³-hybridized carbons (Fsp3) is 0.133. The second-order valence-electron chi connectivity index (χ2n) is 4.49. The molecule has 22 heavy (non-hydrogen) atoms. The van der Waals surface area contributed by atoms with Crippen LogP contribution in [0, 0.1) is 12.7 Å². The number of aromatic carboxylic acids is 1. The standard InChI is InChI=1S/C15H10F4O3/c1-8-7-9(16)5-6-11(8)22-12-4-2-3-10(15(17,18)19)13(12)14(20)21/h2-7H,1H3,(H,20,21). The Kier molecular flexibility index (Phi) is 4.07. The normalized spacial score (nSPS) is 11.3. The average Bonchev–Trinajstić information content (AvgIpc) is 2.40. The first kappa shape index (κ1) is 15.8. The number of benzene rings is 2. The fourth-order valence-corrected chi connectivity index (χ4v) is 1.92. The lowest BCUT2D eigenvalue weighted by atomic mass is 10.1. The quantitative estimate of drug-likeness (QED) is 0.839. The van der Waals surface area contributed by atoms with Crippen LogP contribution in [0.3, 0.4) is 0 Å². The van der Waals surface area contributed by atoms with E-state index in [0.29, 0.717) is 11.6 Å². The molecule has 0 unspecified atom stereocenters.